The number of ether oxygens (including phenoxy) is 1. The molecule has 2 unspecified atom stereocenters. The summed E-state index contributed by atoms with van der Waals surface area (Å²) in [6.07, 6.45) is 46.7. The van der Waals surface area contributed by atoms with Crippen LogP contribution in [0, 0.1) is 0 Å². The number of hydrogen-bond donors (Lipinski definition) is 3. The van der Waals surface area contributed by atoms with Crippen molar-refractivity contribution in [2.45, 2.75) is 174 Å². The quantitative estimate of drug-likeness (QED) is 0.0350. The minimum absolute atomic E-state index is 0.147. The Kier molecular flexibility index (Phi) is 34.7. The highest BCUT2D eigenvalue weighted by molar-refractivity contribution is 5.83. The molecule has 7 nitrogen and oxygen atoms in total. The topological polar surface area (TPSA) is 119 Å². The SMILES string of the molecule is CC/C=C\C/C=C\C/C=C\C/C=C\C/C=C\CCCC(=O)OC(/C=C\CCCCCCCC)CCCCCCC(=O)NC(CCCN)C(=O)O. The second kappa shape index (κ2) is 37.1. The van der Waals surface area contributed by atoms with Crippen LogP contribution in [0.15, 0.2) is 72.9 Å². The molecule has 0 fully saturated rings. The van der Waals surface area contributed by atoms with Crippen LogP contribution >= 0.6 is 0 Å². The Hall–Kier alpha value is -3.19. The van der Waals surface area contributed by atoms with Crippen molar-refractivity contribution in [3.63, 3.8) is 0 Å². The zero-order valence-electron chi connectivity index (χ0n) is 31.7. The maximum atomic E-state index is 12.7. The summed E-state index contributed by atoms with van der Waals surface area (Å²) in [4.78, 5) is 36.2. The van der Waals surface area contributed by atoms with E-state index in [9.17, 15) is 19.5 Å². The van der Waals surface area contributed by atoms with Crippen LogP contribution in [-0.2, 0) is 19.1 Å². The molecule has 0 saturated heterocycles. The van der Waals surface area contributed by atoms with E-state index < -0.39 is 12.0 Å². The fourth-order valence-electron chi connectivity index (χ4n) is 5.28. The van der Waals surface area contributed by atoms with Gasteiger partial charge in [0.2, 0.25) is 5.91 Å². The van der Waals surface area contributed by atoms with Crippen LogP contribution in [0.25, 0.3) is 0 Å². The lowest BCUT2D eigenvalue weighted by Crippen LogP contribution is -2.40. The van der Waals surface area contributed by atoms with Crippen LogP contribution in [0.1, 0.15) is 162 Å². The highest BCUT2D eigenvalue weighted by atomic mass is 16.5. The maximum absolute atomic E-state index is 12.7. The predicted octanol–water partition coefficient (Wildman–Crippen LogP) is 10.8. The van der Waals surface area contributed by atoms with Gasteiger partial charge in [0.05, 0.1) is 0 Å². The summed E-state index contributed by atoms with van der Waals surface area (Å²) in [5.41, 5.74) is 5.47. The zero-order valence-corrected chi connectivity index (χ0v) is 31.7. The summed E-state index contributed by atoms with van der Waals surface area (Å²) in [7, 11) is 0. The molecular formula is C43H72N2O5. The van der Waals surface area contributed by atoms with Gasteiger partial charge in [-0.25, -0.2) is 4.79 Å². The molecule has 0 aromatic rings. The van der Waals surface area contributed by atoms with Gasteiger partial charge in [-0.1, -0.05) is 126 Å². The summed E-state index contributed by atoms with van der Waals surface area (Å²) in [6, 6.07) is -0.878. The van der Waals surface area contributed by atoms with Crippen LogP contribution < -0.4 is 11.1 Å². The first kappa shape index (κ1) is 46.8. The Morgan fingerprint density at radius 3 is 1.80 bits per heavy atom. The number of carboxylic acid groups (broad SMARTS) is 1. The van der Waals surface area contributed by atoms with Gasteiger partial charge in [0, 0.05) is 12.8 Å². The first-order valence-corrected chi connectivity index (χ1v) is 19.8. The van der Waals surface area contributed by atoms with Gasteiger partial charge >= 0.3 is 11.9 Å². The Labute approximate surface area is 305 Å². The Morgan fingerprint density at radius 1 is 0.620 bits per heavy atom. The Balaban J connectivity index is 4.43. The molecule has 0 aliphatic heterocycles. The van der Waals surface area contributed by atoms with E-state index in [1.807, 2.05) is 0 Å². The monoisotopic (exact) mass is 697 g/mol. The van der Waals surface area contributed by atoms with Gasteiger partial charge in [0.25, 0.3) is 0 Å². The normalized spacial score (nSPS) is 13.5. The lowest BCUT2D eigenvalue weighted by atomic mass is 10.1. The first-order chi connectivity index (χ1) is 24.4. The first-order valence-electron chi connectivity index (χ1n) is 19.8. The van der Waals surface area contributed by atoms with E-state index in [1.165, 1.54) is 32.1 Å². The number of esters is 1. The van der Waals surface area contributed by atoms with Crippen molar-refractivity contribution in [1.82, 2.24) is 5.32 Å². The average molecular weight is 697 g/mol. The fraction of sp³-hybridized carbons (Fsp3) is 0.651. The molecule has 0 spiro atoms. The molecule has 0 aliphatic rings. The van der Waals surface area contributed by atoms with Crippen LogP contribution in [-0.4, -0.2) is 41.6 Å². The van der Waals surface area contributed by atoms with E-state index in [1.54, 1.807) is 0 Å². The second-order valence-electron chi connectivity index (χ2n) is 13.0. The molecule has 284 valence electrons. The minimum Gasteiger partial charge on any atom is -0.480 e. The van der Waals surface area contributed by atoms with Gasteiger partial charge in [-0.15, -0.1) is 0 Å². The lowest BCUT2D eigenvalue weighted by molar-refractivity contribution is -0.147. The molecule has 1 amide bonds. The minimum atomic E-state index is -1.02. The van der Waals surface area contributed by atoms with Crippen molar-refractivity contribution in [2.24, 2.45) is 5.73 Å². The van der Waals surface area contributed by atoms with Gasteiger partial charge in [-0.2, -0.15) is 0 Å². The van der Waals surface area contributed by atoms with Crippen LogP contribution in [0.5, 0.6) is 0 Å². The molecule has 0 radical (unpaired) electrons. The van der Waals surface area contributed by atoms with Crippen molar-refractivity contribution < 1.29 is 24.2 Å². The lowest BCUT2D eigenvalue weighted by Gasteiger charge is -2.15. The zero-order chi connectivity index (χ0) is 36.8. The third kappa shape index (κ3) is 33.3. The Bertz CT molecular complexity index is 1010. The second-order valence-corrected chi connectivity index (χ2v) is 13.0. The fourth-order valence-corrected chi connectivity index (χ4v) is 5.28. The molecule has 0 bridgehead atoms. The van der Waals surface area contributed by atoms with E-state index in [-0.39, 0.29) is 18.0 Å². The largest absolute Gasteiger partial charge is 0.480 e. The number of allylic oxidation sites excluding steroid dienone is 11. The number of nitrogens with one attached hydrogen (secondary N) is 1. The van der Waals surface area contributed by atoms with Crippen LogP contribution in [0.4, 0.5) is 0 Å². The smallest absolute Gasteiger partial charge is 0.326 e. The van der Waals surface area contributed by atoms with Crippen molar-refractivity contribution in [1.29, 1.82) is 0 Å². The molecule has 7 heteroatoms. The third-order valence-corrected chi connectivity index (χ3v) is 8.24. The number of hydrogen-bond acceptors (Lipinski definition) is 5. The number of aliphatic carboxylic acids is 1. The van der Waals surface area contributed by atoms with Crippen LogP contribution in [0.3, 0.4) is 0 Å². The van der Waals surface area contributed by atoms with Gasteiger partial charge in [-0.05, 0) is 103 Å². The van der Waals surface area contributed by atoms with Crippen molar-refractivity contribution >= 4 is 17.8 Å². The molecule has 0 rings (SSSR count). The number of nitrogens with two attached hydrogens (primary N) is 1. The van der Waals surface area contributed by atoms with Crippen molar-refractivity contribution in [3.8, 4) is 0 Å². The molecule has 2 atom stereocenters. The van der Waals surface area contributed by atoms with Crippen LogP contribution in [0.2, 0.25) is 0 Å². The van der Waals surface area contributed by atoms with Gasteiger partial charge in [0.15, 0.2) is 0 Å². The molecule has 0 aliphatic carbocycles. The number of unbranched alkanes of at least 4 members (excludes halogenated alkanes) is 10. The highest BCUT2D eigenvalue weighted by Crippen LogP contribution is 2.14. The summed E-state index contributed by atoms with van der Waals surface area (Å²) < 4.78 is 5.88. The third-order valence-electron chi connectivity index (χ3n) is 8.24. The van der Waals surface area contributed by atoms with Gasteiger partial charge < -0.3 is 20.9 Å². The molecular weight excluding hydrogens is 624 g/mol. The van der Waals surface area contributed by atoms with E-state index in [0.717, 1.165) is 83.5 Å². The van der Waals surface area contributed by atoms with Crippen molar-refractivity contribution in [2.75, 3.05) is 6.54 Å². The van der Waals surface area contributed by atoms with E-state index >= 15 is 0 Å². The highest BCUT2D eigenvalue weighted by Gasteiger charge is 2.18. The number of amides is 1. The molecule has 0 aromatic heterocycles. The van der Waals surface area contributed by atoms with Gasteiger partial charge in [-0.3, -0.25) is 9.59 Å². The number of carbonyl (C=O) groups is 3. The molecule has 0 heterocycles. The summed E-state index contributed by atoms with van der Waals surface area (Å²) in [6.45, 7) is 4.78. The molecule has 0 aromatic carbocycles. The number of carboxylic acids is 1. The van der Waals surface area contributed by atoms with Gasteiger partial charge in [0.1, 0.15) is 12.1 Å². The molecule has 50 heavy (non-hydrogen) atoms. The number of carbonyl (C=O) groups excluding carboxylic acids is 2. The molecule has 0 saturated carbocycles. The maximum Gasteiger partial charge on any atom is 0.326 e. The van der Waals surface area contributed by atoms with E-state index in [4.69, 9.17) is 10.5 Å². The number of rotatable bonds is 34. The van der Waals surface area contributed by atoms with Crippen molar-refractivity contribution in [3.05, 3.63) is 72.9 Å². The Morgan fingerprint density at radius 2 is 1.18 bits per heavy atom. The standard InChI is InChI=1S/C43H72N2O5/c1-3-5-7-9-11-13-14-15-16-17-18-19-20-21-23-25-31-37-42(47)50-39(33-28-24-22-12-10-8-6-4-2)34-29-26-27-30-36-41(46)45-40(43(48)49)35-32-38-44/h5,7,11,13,15-16,18-19,21,23,28,33,39-40H,3-4,6,8-10,12,14,17,20,22,24-27,29-32,34-38,44H2,1-2H3,(H,45,46)(H,48,49)/b7-5-,13-11-,16-15-,19-18-,23-21-,33-28-. The summed E-state index contributed by atoms with van der Waals surface area (Å²) >= 11 is 0. The average Bonchev–Trinajstić information content (AvgIpc) is 3.10. The predicted molar refractivity (Wildman–Crippen MR) is 211 cm³/mol. The molecule has 4 N–H and O–H groups in total. The summed E-state index contributed by atoms with van der Waals surface area (Å²) in [5, 5.41) is 11.9. The summed E-state index contributed by atoms with van der Waals surface area (Å²) in [5.74, 6) is -1.40. The van der Waals surface area contributed by atoms with E-state index in [0.29, 0.717) is 38.6 Å². The van der Waals surface area contributed by atoms with E-state index in [2.05, 4.69) is 92.1 Å².